The van der Waals surface area contributed by atoms with Gasteiger partial charge in [-0.15, -0.1) is 0 Å². The number of hydrogen-bond acceptors (Lipinski definition) is 7. The summed E-state index contributed by atoms with van der Waals surface area (Å²) in [6.07, 6.45) is 5.73. The Balaban J connectivity index is 1.58. The van der Waals surface area contributed by atoms with Gasteiger partial charge in [-0.3, -0.25) is 14.6 Å². The van der Waals surface area contributed by atoms with E-state index in [1.807, 2.05) is 0 Å². The SMILES string of the molecule is CN1CCCN(c2cncc(-c3ccc(/C=C4/SC(=O)CC4=O)c(F)c3)n2)CC1. The highest BCUT2D eigenvalue weighted by Crippen LogP contribution is 2.32. The number of nitrogens with zero attached hydrogens (tertiary/aromatic N) is 4. The summed E-state index contributed by atoms with van der Waals surface area (Å²) < 4.78 is 14.7. The molecule has 8 heteroatoms. The fourth-order valence-electron chi connectivity index (χ4n) is 3.41. The average Bonchev–Trinajstić information content (AvgIpc) is 2.88. The summed E-state index contributed by atoms with van der Waals surface area (Å²) in [4.78, 5) is 36.9. The van der Waals surface area contributed by atoms with Gasteiger partial charge in [0.25, 0.3) is 0 Å². The number of benzene rings is 1. The first kappa shape index (κ1) is 19.7. The number of carbonyl (C=O) groups is 2. The lowest BCUT2D eigenvalue weighted by molar-refractivity contribution is -0.119. The van der Waals surface area contributed by atoms with E-state index in [0.29, 0.717) is 11.3 Å². The van der Waals surface area contributed by atoms with Crippen LogP contribution in [0, 0.1) is 5.82 Å². The maximum atomic E-state index is 14.7. The molecule has 0 aliphatic carbocycles. The first-order chi connectivity index (χ1) is 14.0. The van der Waals surface area contributed by atoms with Crippen LogP contribution in [-0.4, -0.2) is 59.0 Å². The van der Waals surface area contributed by atoms with E-state index in [0.717, 1.165) is 50.2 Å². The first-order valence-electron chi connectivity index (χ1n) is 9.50. The van der Waals surface area contributed by atoms with Crippen molar-refractivity contribution >= 4 is 34.6 Å². The van der Waals surface area contributed by atoms with Crippen molar-refractivity contribution < 1.29 is 14.0 Å². The molecule has 0 bridgehead atoms. The zero-order chi connectivity index (χ0) is 20.4. The predicted molar refractivity (Wildman–Crippen MR) is 112 cm³/mol. The molecule has 0 N–H and O–H groups in total. The number of thioether (sulfide) groups is 1. The Bertz CT molecular complexity index is 994. The van der Waals surface area contributed by atoms with E-state index in [2.05, 4.69) is 26.8 Å². The number of rotatable bonds is 3. The van der Waals surface area contributed by atoms with Gasteiger partial charge in [0.05, 0.1) is 29.4 Å². The third-order valence-corrected chi connectivity index (χ3v) is 5.99. The van der Waals surface area contributed by atoms with E-state index in [1.165, 1.54) is 12.1 Å². The lowest BCUT2D eigenvalue weighted by Crippen LogP contribution is -2.29. The monoisotopic (exact) mass is 412 g/mol. The number of Topliss-reactive ketones (excluding diaryl/α,β-unsaturated/α-hetero) is 1. The van der Waals surface area contributed by atoms with Crippen molar-refractivity contribution in [1.29, 1.82) is 0 Å². The Hall–Kier alpha value is -2.58. The molecule has 0 atom stereocenters. The minimum Gasteiger partial charge on any atom is -0.354 e. The molecule has 29 heavy (non-hydrogen) atoms. The zero-order valence-corrected chi connectivity index (χ0v) is 16.9. The second kappa shape index (κ2) is 8.42. The third kappa shape index (κ3) is 4.54. The number of anilines is 1. The molecule has 2 aliphatic heterocycles. The molecule has 0 unspecified atom stereocenters. The van der Waals surface area contributed by atoms with Crippen molar-refractivity contribution in [2.75, 3.05) is 38.1 Å². The van der Waals surface area contributed by atoms with Crippen LogP contribution in [-0.2, 0) is 9.59 Å². The molecular formula is C21H21FN4O2S. The van der Waals surface area contributed by atoms with Gasteiger partial charge in [-0.1, -0.05) is 12.1 Å². The molecule has 2 aromatic rings. The molecule has 2 fully saturated rings. The van der Waals surface area contributed by atoms with Crippen molar-refractivity contribution in [3.05, 3.63) is 46.9 Å². The lowest BCUT2D eigenvalue weighted by atomic mass is 10.1. The van der Waals surface area contributed by atoms with Crippen LogP contribution in [0.2, 0.25) is 0 Å². The third-order valence-electron chi connectivity index (χ3n) is 5.05. The van der Waals surface area contributed by atoms with Crippen LogP contribution in [0.25, 0.3) is 17.3 Å². The number of likely N-dealkylation sites (N-methyl/N-ethyl adjacent to an activating group) is 1. The van der Waals surface area contributed by atoms with Gasteiger partial charge in [-0.25, -0.2) is 9.37 Å². The van der Waals surface area contributed by atoms with Gasteiger partial charge in [-0.05, 0) is 43.9 Å². The summed E-state index contributed by atoms with van der Waals surface area (Å²) in [5.41, 5.74) is 1.49. The van der Waals surface area contributed by atoms with Gasteiger partial charge in [0.1, 0.15) is 11.6 Å². The van der Waals surface area contributed by atoms with E-state index in [9.17, 15) is 14.0 Å². The molecule has 0 amide bonds. The Kier molecular flexibility index (Phi) is 5.73. The lowest BCUT2D eigenvalue weighted by Gasteiger charge is -2.21. The Morgan fingerprint density at radius 1 is 1.14 bits per heavy atom. The van der Waals surface area contributed by atoms with E-state index in [4.69, 9.17) is 0 Å². The fourth-order valence-corrected chi connectivity index (χ4v) is 4.23. The summed E-state index contributed by atoms with van der Waals surface area (Å²) in [6, 6.07) is 4.75. The van der Waals surface area contributed by atoms with Gasteiger partial charge >= 0.3 is 0 Å². The molecule has 2 saturated heterocycles. The number of hydrogen-bond donors (Lipinski definition) is 0. The van der Waals surface area contributed by atoms with Gasteiger partial charge in [-0.2, -0.15) is 0 Å². The van der Waals surface area contributed by atoms with Crippen molar-refractivity contribution in [2.45, 2.75) is 12.8 Å². The van der Waals surface area contributed by atoms with Crippen molar-refractivity contribution in [3.8, 4) is 11.3 Å². The molecule has 150 valence electrons. The molecule has 4 rings (SSSR count). The fraction of sp³-hybridized carbons (Fsp3) is 0.333. The summed E-state index contributed by atoms with van der Waals surface area (Å²) in [5, 5.41) is -0.204. The van der Waals surface area contributed by atoms with Crippen molar-refractivity contribution in [1.82, 2.24) is 14.9 Å². The second-order valence-electron chi connectivity index (χ2n) is 7.23. The highest BCUT2D eigenvalue weighted by molar-refractivity contribution is 8.18. The Morgan fingerprint density at radius 3 is 2.76 bits per heavy atom. The van der Waals surface area contributed by atoms with E-state index in [-0.39, 0.29) is 27.8 Å². The predicted octanol–water partition coefficient (Wildman–Crippen LogP) is 3.00. The molecule has 3 heterocycles. The van der Waals surface area contributed by atoms with Crippen LogP contribution < -0.4 is 4.90 Å². The van der Waals surface area contributed by atoms with Gasteiger partial charge < -0.3 is 9.80 Å². The number of carbonyl (C=O) groups excluding carboxylic acids is 2. The van der Waals surface area contributed by atoms with Gasteiger partial charge in [0, 0.05) is 30.8 Å². The number of ketones is 1. The summed E-state index contributed by atoms with van der Waals surface area (Å²) in [6.45, 7) is 3.80. The number of allylic oxidation sites excluding steroid dienone is 1. The largest absolute Gasteiger partial charge is 0.354 e. The molecule has 2 aliphatic rings. The summed E-state index contributed by atoms with van der Waals surface area (Å²) >= 11 is 0.872. The molecular weight excluding hydrogens is 391 g/mol. The van der Waals surface area contributed by atoms with Crippen LogP contribution in [0.15, 0.2) is 35.5 Å². The molecule has 6 nitrogen and oxygen atoms in total. The normalized spacial score (nSPS) is 19.8. The molecule has 0 radical (unpaired) electrons. The first-order valence-corrected chi connectivity index (χ1v) is 10.3. The molecule has 0 saturated carbocycles. The standard InChI is InChI=1S/C21H21FN4O2S/c1-25-5-2-6-26(8-7-25)20-13-23-12-17(24-20)15-4-3-14(16(22)9-15)10-19-18(27)11-21(28)29-19/h3-4,9-10,12-13H,2,5-8,11H2,1H3/b19-10+. The van der Waals surface area contributed by atoms with E-state index >= 15 is 0 Å². The topological polar surface area (TPSA) is 66.4 Å². The number of halogens is 1. The summed E-state index contributed by atoms with van der Waals surface area (Å²) in [5.74, 6) is 0.0624. The van der Waals surface area contributed by atoms with E-state index in [1.54, 1.807) is 24.5 Å². The van der Waals surface area contributed by atoms with Gasteiger partial charge in [0.15, 0.2) is 5.78 Å². The van der Waals surface area contributed by atoms with Crippen LogP contribution in [0.5, 0.6) is 0 Å². The van der Waals surface area contributed by atoms with Crippen LogP contribution in [0.4, 0.5) is 10.2 Å². The quantitative estimate of drug-likeness (QED) is 0.567. The minimum absolute atomic E-state index is 0.120. The molecule has 1 aromatic heterocycles. The maximum Gasteiger partial charge on any atom is 0.201 e. The highest BCUT2D eigenvalue weighted by Gasteiger charge is 2.26. The number of aromatic nitrogens is 2. The van der Waals surface area contributed by atoms with Crippen LogP contribution in [0.3, 0.4) is 0 Å². The Morgan fingerprint density at radius 2 is 2.00 bits per heavy atom. The second-order valence-corrected chi connectivity index (χ2v) is 8.32. The van der Waals surface area contributed by atoms with Crippen molar-refractivity contribution in [3.63, 3.8) is 0 Å². The average molecular weight is 412 g/mol. The van der Waals surface area contributed by atoms with Crippen molar-refractivity contribution in [2.24, 2.45) is 0 Å². The minimum atomic E-state index is -0.466. The van der Waals surface area contributed by atoms with E-state index < -0.39 is 5.82 Å². The summed E-state index contributed by atoms with van der Waals surface area (Å²) in [7, 11) is 2.11. The molecule has 1 aromatic carbocycles. The zero-order valence-electron chi connectivity index (χ0n) is 16.1. The molecule has 0 spiro atoms. The Labute approximate surface area is 172 Å². The van der Waals surface area contributed by atoms with Gasteiger partial charge in [0.2, 0.25) is 5.12 Å². The smallest absolute Gasteiger partial charge is 0.201 e. The maximum absolute atomic E-state index is 14.7. The highest BCUT2D eigenvalue weighted by atomic mass is 32.2. The van der Waals surface area contributed by atoms with Crippen LogP contribution in [0.1, 0.15) is 18.4 Å². The van der Waals surface area contributed by atoms with Crippen LogP contribution >= 0.6 is 11.8 Å².